The second kappa shape index (κ2) is 9.82. The summed E-state index contributed by atoms with van der Waals surface area (Å²) in [5.74, 6) is 0.313. The van der Waals surface area contributed by atoms with Crippen LogP contribution in [0.4, 0.5) is 5.69 Å². The van der Waals surface area contributed by atoms with Crippen molar-refractivity contribution in [3.05, 3.63) is 72.3 Å². The molecule has 0 fully saturated rings. The van der Waals surface area contributed by atoms with Gasteiger partial charge in [-0.3, -0.25) is 10.1 Å². The van der Waals surface area contributed by atoms with Crippen LogP contribution in [0.1, 0.15) is 17.3 Å². The van der Waals surface area contributed by atoms with Crippen LogP contribution >= 0.6 is 12.2 Å². The SMILES string of the molecule is CCOCCOc1cccc(C(=O)NC(=S)Nc2cccc3ccccc23)c1. The average molecular weight is 394 g/mol. The maximum atomic E-state index is 12.5. The van der Waals surface area contributed by atoms with Gasteiger partial charge in [0.1, 0.15) is 12.4 Å². The predicted molar refractivity (Wildman–Crippen MR) is 116 cm³/mol. The van der Waals surface area contributed by atoms with Gasteiger partial charge in [-0.1, -0.05) is 42.5 Å². The quantitative estimate of drug-likeness (QED) is 0.460. The topological polar surface area (TPSA) is 59.6 Å². The van der Waals surface area contributed by atoms with Crippen molar-refractivity contribution in [2.24, 2.45) is 0 Å². The number of nitrogens with one attached hydrogen (secondary N) is 2. The zero-order chi connectivity index (χ0) is 19.8. The van der Waals surface area contributed by atoms with Crippen LogP contribution in [-0.4, -0.2) is 30.8 Å². The zero-order valence-corrected chi connectivity index (χ0v) is 16.4. The van der Waals surface area contributed by atoms with Crippen LogP contribution < -0.4 is 15.4 Å². The first-order valence-corrected chi connectivity index (χ1v) is 9.49. The third-order valence-corrected chi connectivity index (χ3v) is 4.27. The lowest BCUT2D eigenvalue weighted by molar-refractivity contribution is 0.0976. The van der Waals surface area contributed by atoms with Crippen molar-refractivity contribution >= 4 is 39.7 Å². The number of fused-ring (bicyclic) bond motifs is 1. The summed E-state index contributed by atoms with van der Waals surface area (Å²) in [5.41, 5.74) is 1.31. The third kappa shape index (κ3) is 5.28. The lowest BCUT2D eigenvalue weighted by atomic mass is 10.1. The van der Waals surface area contributed by atoms with Gasteiger partial charge in [0.15, 0.2) is 5.11 Å². The smallest absolute Gasteiger partial charge is 0.257 e. The van der Waals surface area contributed by atoms with E-state index in [2.05, 4.69) is 10.6 Å². The molecule has 5 nitrogen and oxygen atoms in total. The fraction of sp³-hybridized carbons (Fsp3) is 0.182. The van der Waals surface area contributed by atoms with Crippen LogP contribution in [0, 0.1) is 0 Å². The second-order valence-corrected chi connectivity index (χ2v) is 6.42. The van der Waals surface area contributed by atoms with Gasteiger partial charge in [-0.05, 0) is 48.8 Å². The highest BCUT2D eigenvalue weighted by Crippen LogP contribution is 2.22. The Kier molecular flexibility index (Phi) is 6.94. The molecular formula is C22H22N2O3S. The number of hydrogen-bond acceptors (Lipinski definition) is 4. The van der Waals surface area contributed by atoms with Gasteiger partial charge in [0, 0.05) is 23.2 Å². The summed E-state index contributed by atoms with van der Waals surface area (Å²) in [5, 5.41) is 8.18. The second-order valence-electron chi connectivity index (χ2n) is 6.01. The molecule has 28 heavy (non-hydrogen) atoms. The molecule has 3 aromatic rings. The molecule has 0 heterocycles. The van der Waals surface area contributed by atoms with Gasteiger partial charge in [0.2, 0.25) is 0 Å². The fourth-order valence-electron chi connectivity index (χ4n) is 2.75. The number of amides is 1. The molecule has 0 bridgehead atoms. The lowest BCUT2D eigenvalue weighted by Crippen LogP contribution is -2.34. The minimum atomic E-state index is -0.298. The first-order valence-electron chi connectivity index (χ1n) is 9.08. The molecule has 0 spiro atoms. The van der Waals surface area contributed by atoms with E-state index in [9.17, 15) is 4.79 Å². The van der Waals surface area contributed by atoms with Crippen molar-refractivity contribution in [1.29, 1.82) is 0 Å². The number of thiocarbonyl (C=S) groups is 1. The van der Waals surface area contributed by atoms with Gasteiger partial charge < -0.3 is 14.8 Å². The fourth-order valence-corrected chi connectivity index (χ4v) is 2.96. The van der Waals surface area contributed by atoms with Gasteiger partial charge >= 0.3 is 0 Å². The molecule has 0 aromatic heterocycles. The van der Waals surface area contributed by atoms with Crippen molar-refractivity contribution < 1.29 is 14.3 Å². The van der Waals surface area contributed by atoms with E-state index >= 15 is 0 Å². The Hall–Kier alpha value is -2.96. The van der Waals surface area contributed by atoms with Crippen LogP contribution in [0.2, 0.25) is 0 Å². The summed E-state index contributed by atoms with van der Waals surface area (Å²) in [4.78, 5) is 12.5. The molecule has 0 unspecified atom stereocenters. The van der Waals surface area contributed by atoms with Gasteiger partial charge in [0.05, 0.1) is 6.61 Å². The van der Waals surface area contributed by atoms with Gasteiger partial charge in [-0.15, -0.1) is 0 Å². The normalized spacial score (nSPS) is 10.5. The molecule has 0 saturated heterocycles. The van der Waals surface area contributed by atoms with E-state index in [1.54, 1.807) is 24.3 Å². The number of ether oxygens (including phenoxy) is 2. The number of rotatable bonds is 7. The van der Waals surface area contributed by atoms with E-state index in [4.69, 9.17) is 21.7 Å². The van der Waals surface area contributed by atoms with Crippen LogP contribution in [-0.2, 0) is 4.74 Å². The molecular weight excluding hydrogens is 372 g/mol. The van der Waals surface area contributed by atoms with E-state index in [0.717, 1.165) is 16.5 Å². The van der Waals surface area contributed by atoms with Crippen LogP contribution in [0.15, 0.2) is 66.7 Å². The number of carbonyl (C=O) groups excluding carboxylic acids is 1. The summed E-state index contributed by atoms with van der Waals surface area (Å²) in [7, 11) is 0. The van der Waals surface area contributed by atoms with E-state index < -0.39 is 0 Å². The molecule has 0 aliphatic carbocycles. The minimum Gasteiger partial charge on any atom is -0.491 e. The molecule has 0 radical (unpaired) electrons. The van der Waals surface area contributed by atoms with Gasteiger partial charge in [0.25, 0.3) is 5.91 Å². The Morgan fingerprint density at radius 2 is 1.79 bits per heavy atom. The van der Waals surface area contributed by atoms with E-state index in [1.807, 2.05) is 49.4 Å². The maximum Gasteiger partial charge on any atom is 0.257 e. The number of hydrogen-bond donors (Lipinski definition) is 2. The summed E-state index contributed by atoms with van der Waals surface area (Å²) < 4.78 is 10.8. The third-order valence-electron chi connectivity index (χ3n) is 4.06. The Balaban J connectivity index is 1.62. The highest BCUT2D eigenvalue weighted by molar-refractivity contribution is 7.80. The molecule has 144 valence electrons. The summed E-state index contributed by atoms with van der Waals surface area (Å²) >= 11 is 5.32. The summed E-state index contributed by atoms with van der Waals surface area (Å²) in [6.45, 7) is 3.51. The Morgan fingerprint density at radius 1 is 1.00 bits per heavy atom. The molecule has 0 aliphatic rings. The first-order chi connectivity index (χ1) is 13.7. The molecule has 1 amide bonds. The number of benzene rings is 3. The number of anilines is 1. The zero-order valence-electron chi connectivity index (χ0n) is 15.6. The minimum absolute atomic E-state index is 0.240. The van der Waals surface area contributed by atoms with Crippen LogP contribution in [0.5, 0.6) is 5.75 Å². The number of carbonyl (C=O) groups is 1. The first kappa shape index (κ1) is 19.8. The van der Waals surface area contributed by atoms with Crippen molar-refractivity contribution in [2.45, 2.75) is 6.92 Å². The summed E-state index contributed by atoms with van der Waals surface area (Å²) in [6, 6.07) is 20.8. The Morgan fingerprint density at radius 3 is 2.64 bits per heavy atom. The van der Waals surface area contributed by atoms with Crippen molar-refractivity contribution in [1.82, 2.24) is 5.32 Å². The molecule has 3 aromatic carbocycles. The standard InChI is InChI=1S/C22H22N2O3S/c1-2-26-13-14-27-18-10-5-9-17(15-18)21(25)24-22(28)23-20-12-6-8-16-7-3-4-11-19(16)20/h3-12,15H,2,13-14H2,1H3,(H2,23,24,25,28). The Labute approximate surface area is 169 Å². The van der Waals surface area contributed by atoms with E-state index in [-0.39, 0.29) is 11.0 Å². The van der Waals surface area contributed by atoms with Gasteiger partial charge in [-0.25, -0.2) is 0 Å². The lowest BCUT2D eigenvalue weighted by Gasteiger charge is -2.12. The Bertz CT molecular complexity index is 969. The summed E-state index contributed by atoms with van der Waals surface area (Å²) in [6.07, 6.45) is 0. The molecule has 0 atom stereocenters. The maximum absolute atomic E-state index is 12.5. The molecule has 0 aliphatic heterocycles. The molecule has 0 saturated carbocycles. The van der Waals surface area contributed by atoms with Crippen LogP contribution in [0.25, 0.3) is 10.8 Å². The van der Waals surface area contributed by atoms with Crippen molar-refractivity contribution in [2.75, 3.05) is 25.1 Å². The van der Waals surface area contributed by atoms with Crippen molar-refractivity contribution in [3.8, 4) is 5.75 Å². The van der Waals surface area contributed by atoms with E-state index in [1.165, 1.54) is 0 Å². The molecule has 2 N–H and O–H groups in total. The van der Waals surface area contributed by atoms with Gasteiger partial charge in [-0.2, -0.15) is 0 Å². The predicted octanol–water partition coefficient (Wildman–Crippen LogP) is 4.38. The monoisotopic (exact) mass is 394 g/mol. The van der Waals surface area contributed by atoms with Crippen LogP contribution in [0.3, 0.4) is 0 Å². The van der Waals surface area contributed by atoms with Crippen molar-refractivity contribution in [3.63, 3.8) is 0 Å². The highest BCUT2D eigenvalue weighted by atomic mass is 32.1. The average Bonchev–Trinajstić information content (AvgIpc) is 2.72. The van der Waals surface area contributed by atoms with E-state index in [0.29, 0.717) is 31.1 Å². The molecule has 6 heteroatoms. The highest BCUT2D eigenvalue weighted by Gasteiger charge is 2.10. The molecule has 3 rings (SSSR count). The largest absolute Gasteiger partial charge is 0.491 e.